The van der Waals surface area contributed by atoms with Gasteiger partial charge in [-0.05, 0) is 6.42 Å². The van der Waals surface area contributed by atoms with Gasteiger partial charge in [0.05, 0.1) is 25.5 Å². The van der Waals surface area contributed by atoms with E-state index in [1.54, 1.807) is 20.4 Å². The van der Waals surface area contributed by atoms with Gasteiger partial charge in [0.25, 0.3) is 0 Å². The number of methoxy groups -OCH3 is 2. The average molecular weight is 302 g/mol. The molecule has 3 rings (SSSR count). The van der Waals surface area contributed by atoms with Crippen LogP contribution in [0.3, 0.4) is 0 Å². The summed E-state index contributed by atoms with van der Waals surface area (Å²) in [6.07, 6.45) is 3.03. The lowest BCUT2D eigenvalue weighted by Crippen LogP contribution is -2.32. The highest BCUT2D eigenvalue weighted by atomic mass is 16.5. The van der Waals surface area contributed by atoms with Crippen LogP contribution in [0.1, 0.15) is 12.3 Å². The monoisotopic (exact) mass is 302 g/mol. The van der Waals surface area contributed by atoms with Crippen molar-refractivity contribution in [3.05, 3.63) is 42.4 Å². The van der Waals surface area contributed by atoms with Crippen LogP contribution in [0.25, 0.3) is 11.3 Å². The topological polar surface area (TPSA) is 47.7 Å². The number of ether oxygens (including phenoxy) is 2. The molecule has 118 valence electrons. The third-order valence-electron chi connectivity index (χ3n) is 4.13. The van der Waals surface area contributed by atoms with E-state index < -0.39 is 0 Å². The van der Waals surface area contributed by atoms with Crippen LogP contribution >= 0.6 is 0 Å². The normalized spacial score (nSPS) is 22.3. The van der Waals surface area contributed by atoms with Gasteiger partial charge < -0.3 is 13.9 Å². The predicted octanol–water partition coefficient (Wildman–Crippen LogP) is 2.58. The van der Waals surface area contributed by atoms with Gasteiger partial charge in [-0.25, -0.2) is 4.98 Å². The molecule has 2 heterocycles. The van der Waals surface area contributed by atoms with Gasteiger partial charge in [0.1, 0.15) is 0 Å². The van der Waals surface area contributed by atoms with Gasteiger partial charge in [-0.1, -0.05) is 30.3 Å². The number of rotatable bonds is 6. The van der Waals surface area contributed by atoms with Crippen LogP contribution in [0.2, 0.25) is 0 Å². The summed E-state index contributed by atoms with van der Waals surface area (Å²) in [5.41, 5.74) is 1.05. The number of oxazole rings is 1. The first kappa shape index (κ1) is 15.2. The Kier molecular flexibility index (Phi) is 4.87. The van der Waals surface area contributed by atoms with Gasteiger partial charge in [0.15, 0.2) is 5.76 Å². The van der Waals surface area contributed by atoms with Crippen molar-refractivity contribution in [2.45, 2.75) is 25.1 Å². The highest BCUT2D eigenvalue weighted by Crippen LogP contribution is 2.25. The predicted molar refractivity (Wildman–Crippen MR) is 83.4 cm³/mol. The molecular weight excluding hydrogens is 280 g/mol. The zero-order valence-corrected chi connectivity index (χ0v) is 13.1. The Morgan fingerprint density at radius 2 is 2.09 bits per heavy atom. The molecule has 0 bridgehead atoms. The van der Waals surface area contributed by atoms with Crippen LogP contribution < -0.4 is 0 Å². The molecule has 0 aliphatic carbocycles. The molecule has 0 unspecified atom stereocenters. The lowest BCUT2D eigenvalue weighted by atomic mass is 10.2. The zero-order valence-electron chi connectivity index (χ0n) is 13.1. The van der Waals surface area contributed by atoms with Crippen molar-refractivity contribution in [1.29, 1.82) is 0 Å². The summed E-state index contributed by atoms with van der Waals surface area (Å²) in [6, 6.07) is 10.4. The Hall–Kier alpha value is -1.69. The van der Waals surface area contributed by atoms with Gasteiger partial charge in [-0.3, -0.25) is 4.90 Å². The fourth-order valence-electron chi connectivity index (χ4n) is 2.96. The van der Waals surface area contributed by atoms with Gasteiger partial charge in [-0.15, -0.1) is 0 Å². The SMILES string of the molecule is COC[C@@H]1C[C@@H](OC)CN1Cc1ncc(-c2ccccc2)o1. The van der Waals surface area contributed by atoms with Crippen molar-refractivity contribution in [2.24, 2.45) is 0 Å². The highest BCUT2D eigenvalue weighted by Gasteiger charge is 2.32. The van der Waals surface area contributed by atoms with Crippen LogP contribution in [0.4, 0.5) is 0 Å². The van der Waals surface area contributed by atoms with E-state index in [1.165, 1.54) is 0 Å². The van der Waals surface area contributed by atoms with E-state index in [1.807, 2.05) is 30.3 Å². The maximum atomic E-state index is 5.89. The second-order valence-corrected chi connectivity index (χ2v) is 5.62. The quantitative estimate of drug-likeness (QED) is 0.821. The summed E-state index contributed by atoms with van der Waals surface area (Å²) < 4.78 is 16.7. The number of aromatic nitrogens is 1. The van der Waals surface area contributed by atoms with Crippen molar-refractivity contribution in [2.75, 3.05) is 27.4 Å². The molecule has 22 heavy (non-hydrogen) atoms. The molecule has 1 fully saturated rings. The molecule has 1 aliphatic rings. The Labute approximate surface area is 130 Å². The van der Waals surface area contributed by atoms with Gasteiger partial charge in [0.2, 0.25) is 5.89 Å². The van der Waals surface area contributed by atoms with E-state index in [2.05, 4.69) is 9.88 Å². The second-order valence-electron chi connectivity index (χ2n) is 5.62. The third kappa shape index (κ3) is 3.38. The summed E-state index contributed by atoms with van der Waals surface area (Å²) in [4.78, 5) is 6.73. The number of likely N-dealkylation sites (tertiary alicyclic amines) is 1. The van der Waals surface area contributed by atoms with E-state index in [9.17, 15) is 0 Å². The largest absolute Gasteiger partial charge is 0.439 e. The minimum Gasteiger partial charge on any atom is -0.439 e. The second kappa shape index (κ2) is 7.05. The highest BCUT2D eigenvalue weighted by molar-refractivity contribution is 5.55. The van der Waals surface area contributed by atoms with Crippen molar-refractivity contribution < 1.29 is 13.9 Å². The number of benzene rings is 1. The number of hydrogen-bond acceptors (Lipinski definition) is 5. The molecule has 5 nitrogen and oxygen atoms in total. The summed E-state index contributed by atoms with van der Waals surface area (Å²) in [5, 5.41) is 0. The van der Waals surface area contributed by atoms with Crippen molar-refractivity contribution >= 4 is 0 Å². The van der Waals surface area contributed by atoms with E-state index >= 15 is 0 Å². The lowest BCUT2D eigenvalue weighted by Gasteiger charge is -2.21. The van der Waals surface area contributed by atoms with Gasteiger partial charge >= 0.3 is 0 Å². The fraction of sp³-hybridized carbons (Fsp3) is 0.471. The Bertz CT molecular complexity index is 585. The molecule has 1 aliphatic heterocycles. The maximum absolute atomic E-state index is 5.89. The van der Waals surface area contributed by atoms with Gasteiger partial charge in [-0.2, -0.15) is 0 Å². The van der Waals surface area contributed by atoms with Crippen LogP contribution in [-0.4, -0.2) is 49.4 Å². The maximum Gasteiger partial charge on any atom is 0.209 e. The third-order valence-corrected chi connectivity index (χ3v) is 4.13. The van der Waals surface area contributed by atoms with Crippen LogP contribution in [-0.2, 0) is 16.0 Å². The molecule has 1 aromatic carbocycles. The van der Waals surface area contributed by atoms with Crippen LogP contribution in [0.5, 0.6) is 0 Å². The van der Waals surface area contributed by atoms with Crippen LogP contribution in [0, 0.1) is 0 Å². The lowest BCUT2D eigenvalue weighted by molar-refractivity contribution is 0.102. The first-order valence-electron chi connectivity index (χ1n) is 7.56. The molecule has 1 aromatic heterocycles. The van der Waals surface area contributed by atoms with E-state index in [-0.39, 0.29) is 6.10 Å². The summed E-state index contributed by atoms with van der Waals surface area (Å²) in [6.45, 7) is 2.26. The summed E-state index contributed by atoms with van der Waals surface area (Å²) in [7, 11) is 3.49. The van der Waals surface area contributed by atoms with Crippen molar-refractivity contribution in [3.63, 3.8) is 0 Å². The smallest absolute Gasteiger partial charge is 0.209 e. The molecule has 1 saturated heterocycles. The fourth-order valence-corrected chi connectivity index (χ4v) is 2.96. The molecular formula is C17H22N2O3. The molecule has 0 N–H and O–H groups in total. The zero-order chi connectivity index (χ0) is 15.4. The molecule has 0 amide bonds. The van der Waals surface area contributed by atoms with Crippen LogP contribution in [0.15, 0.2) is 40.9 Å². The molecule has 0 spiro atoms. The average Bonchev–Trinajstić information content (AvgIpc) is 3.17. The molecule has 0 saturated carbocycles. The molecule has 5 heteroatoms. The van der Waals surface area contributed by atoms with Crippen molar-refractivity contribution in [3.8, 4) is 11.3 Å². The Balaban J connectivity index is 1.69. The first-order valence-corrected chi connectivity index (χ1v) is 7.56. The molecule has 2 aromatic rings. The Morgan fingerprint density at radius 1 is 1.27 bits per heavy atom. The minimum atomic E-state index is 0.253. The number of nitrogens with zero attached hydrogens (tertiary/aromatic N) is 2. The van der Waals surface area contributed by atoms with E-state index in [0.29, 0.717) is 19.2 Å². The van der Waals surface area contributed by atoms with Gasteiger partial charge in [0, 0.05) is 32.4 Å². The number of hydrogen-bond donors (Lipinski definition) is 0. The minimum absolute atomic E-state index is 0.253. The van der Waals surface area contributed by atoms with E-state index in [4.69, 9.17) is 13.9 Å². The van der Waals surface area contributed by atoms with Crippen molar-refractivity contribution in [1.82, 2.24) is 9.88 Å². The first-order chi connectivity index (χ1) is 10.8. The summed E-state index contributed by atoms with van der Waals surface area (Å²) in [5.74, 6) is 1.54. The molecule has 0 radical (unpaired) electrons. The Morgan fingerprint density at radius 3 is 2.82 bits per heavy atom. The van der Waals surface area contributed by atoms with E-state index in [0.717, 1.165) is 30.2 Å². The standard InChI is InChI=1S/C17H22N2O3/c1-20-12-14-8-15(21-2)10-19(14)11-17-18-9-16(22-17)13-6-4-3-5-7-13/h3-7,9,14-15H,8,10-12H2,1-2H3/t14-,15+/m0/s1. The molecule has 2 atom stereocenters. The summed E-state index contributed by atoms with van der Waals surface area (Å²) >= 11 is 0.